The highest BCUT2D eigenvalue weighted by Gasteiger charge is 2.16. The minimum absolute atomic E-state index is 0.822. The van der Waals surface area contributed by atoms with Gasteiger partial charge < -0.3 is 4.57 Å². The van der Waals surface area contributed by atoms with Crippen LogP contribution in [0.25, 0.3) is 50.3 Å². The number of hydrogen-bond acceptors (Lipinski definition) is 3. The molecular weight excluding hydrogens is 391 g/mol. The minimum atomic E-state index is 0.822. The lowest BCUT2D eigenvalue weighted by molar-refractivity contribution is 1.14. The molecule has 4 aromatic heterocycles. The molecule has 0 saturated heterocycles. The van der Waals surface area contributed by atoms with E-state index in [2.05, 4.69) is 77.0 Å². The van der Waals surface area contributed by atoms with E-state index in [1.807, 2.05) is 36.4 Å². The quantitative estimate of drug-likeness (QED) is 0.402. The highest BCUT2D eigenvalue weighted by atomic mass is 15.0. The van der Waals surface area contributed by atoms with E-state index in [1.165, 1.54) is 27.3 Å². The van der Waals surface area contributed by atoms with E-state index in [1.54, 1.807) is 12.4 Å². The summed E-state index contributed by atoms with van der Waals surface area (Å²) in [5.74, 6) is 0. The average molecular weight is 410 g/mol. The molecule has 0 fully saturated rings. The second-order valence-corrected chi connectivity index (χ2v) is 7.85. The van der Waals surface area contributed by atoms with Gasteiger partial charge in [-0.25, -0.2) is 4.98 Å². The fourth-order valence-corrected chi connectivity index (χ4v) is 4.41. The maximum atomic E-state index is 4.92. The summed E-state index contributed by atoms with van der Waals surface area (Å²) in [6, 6.07) is 31.1. The van der Waals surface area contributed by atoms with E-state index in [0.717, 1.165) is 28.5 Å². The number of rotatable bonds is 3. The summed E-state index contributed by atoms with van der Waals surface area (Å²) < 4.78 is 2.32. The highest BCUT2D eigenvalue weighted by molar-refractivity contribution is 6.41. The number of para-hydroxylation sites is 1. The van der Waals surface area contributed by atoms with Gasteiger partial charge in [0.1, 0.15) is 7.85 Å². The predicted molar refractivity (Wildman–Crippen MR) is 133 cm³/mol. The van der Waals surface area contributed by atoms with Crippen molar-refractivity contribution in [1.82, 2.24) is 19.5 Å². The van der Waals surface area contributed by atoms with Gasteiger partial charge in [0.05, 0.1) is 39.5 Å². The Balaban J connectivity index is 1.71. The first-order chi connectivity index (χ1) is 15.8. The molecule has 4 nitrogen and oxygen atoms in total. The molecule has 4 heterocycles. The van der Waals surface area contributed by atoms with Crippen molar-refractivity contribution in [2.75, 3.05) is 0 Å². The fraction of sp³-hybridized carbons (Fsp3) is 0. The Hall–Kier alpha value is -4.25. The highest BCUT2D eigenvalue weighted by Crippen LogP contribution is 2.33. The molecule has 0 atom stereocenters. The lowest BCUT2D eigenvalue weighted by Gasteiger charge is -2.12. The smallest absolute Gasteiger partial charge is 0.140 e. The molecule has 150 valence electrons. The van der Waals surface area contributed by atoms with Crippen molar-refractivity contribution in [1.29, 1.82) is 0 Å². The van der Waals surface area contributed by atoms with E-state index in [4.69, 9.17) is 4.98 Å². The molecule has 6 rings (SSSR count). The maximum absolute atomic E-state index is 4.92. The van der Waals surface area contributed by atoms with Gasteiger partial charge in [0.2, 0.25) is 0 Å². The molecule has 0 aliphatic heterocycles. The maximum Gasteiger partial charge on any atom is 0.140 e. The van der Waals surface area contributed by atoms with Crippen LogP contribution in [0.3, 0.4) is 0 Å². The summed E-state index contributed by atoms with van der Waals surface area (Å²) >= 11 is 0. The third-order valence-electron chi connectivity index (χ3n) is 5.83. The first-order valence-corrected chi connectivity index (χ1v) is 10.6. The van der Waals surface area contributed by atoms with E-state index in [9.17, 15) is 0 Å². The van der Waals surface area contributed by atoms with E-state index >= 15 is 0 Å². The SMILES string of the molecule is Bc1cccc2c1c1ccccc1n2-c1cc(-c2ccccn2)nc(-c2ccccn2)c1. The van der Waals surface area contributed by atoms with Crippen molar-refractivity contribution in [2.24, 2.45) is 0 Å². The van der Waals surface area contributed by atoms with Crippen LogP contribution in [-0.2, 0) is 0 Å². The summed E-state index contributed by atoms with van der Waals surface area (Å²) in [6.07, 6.45) is 3.60. The Morgan fingerprint density at radius 1 is 0.594 bits per heavy atom. The Bertz CT molecular complexity index is 1520. The molecule has 32 heavy (non-hydrogen) atoms. The van der Waals surface area contributed by atoms with Gasteiger partial charge in [-0.2, -0.15) is 0 Å². The molecule has 0 aliphatic carbocycles. The topological polar surface area (TPSA) is 43.6 Å². The summed E-state index contributed by atoms with van der Waals surface area (Å²) in [7, 11) is 2.17. The Labute approximate surface area is 186 Å². The van der Waals surface area contributed by atoms with Crippen LogP contribution in [0.4, 0.5) is 0 Å². The number of nitrogens with zero attached hydrogens (tertiary/aromatic N) is 4. The molecule has 6 aromatic rings. The summed E-state index contributed by atoms with van der Waals surface area (Å²) in [5, 5.41) is 2.52. The van der Waals surface area contributed by atoms with Crippen molar-refractivity contribution in [3.05, 3.63) is 103 Å². The minimum Gasteiger partial charge on any atom is -0.309 e. The van der Waals surface area contributed by atoms with Crippen molar-refractivity contribution in [3.8, 4) is 28.5 Å². The molecule has 0 bridgehead atoms. The normalized spacial score (nSPS) is 11.2. The molecule has 0 N–H and O–H groups in total. The van der Waals surface area contributed by atoms with Gasteiger partial charge in [-0.05, 0) is 48.5 Å². The largest absolute Gasteiger partial charge is 0.309 e. The number of aromatic nitrogens is 4. The molecule has 0 unspecified atom stereocenters. The molecule has 0 spiro atoms. The Morgan fingerprint density at radius 3 is 1.88 bits per heavy atom. The number of fused-ring (bicyclic) bond motifs is 3. The number of pyridine rings is 3. The van der Waals surface area contributed by atoms with Crippen molar-refractivity contribution in [3.63, 3.8) is 0 Å². The summed E-state index contributed by atoms with van der Waals surface area (Å²) in [4.78, 5) is 14.0. The van der Waals surface area contributed by atoms with E-state index < -0.39 is 0 Å². The molecule has 0 aliphatic rings. The van der Waals surface area contributed by atoms with Crippen LogP contribution in [0.15, 0.2) is 103 Å². The molecule has 0 amide bonds. The number of hydrogen-bond donors (Lipinski definition) is 0. The van der Waals surface area contributed by atoms with Crippen LogP contribution in [-0.4, -0.2) is 27.4 Å². The molecule has 0 saturated carbocycles. The van der Waals surface area contributed by atoms with Crippen molar-refractivity contribution < 1.29 is 0 Å². The van der Waals surface area contributed by atoms with Crippen LogP contribution >= 0.6 is 0 Å². The zero-order valence-electron chi connectivity index (χ0n) is 17.6. The Morgan fingerprint density at radius 2 is 1.22 bits per heavy atom. The predicted octanol–water partition coefficient (Wildman–Crippen LogP) is 4.56. The Kier molecular flexibility index (Phi) is 4.32. The van der Waals surface area contributed by atoms with Gasteiger partial charge in [0, 0.05) is 23.2 Å². The average Bonchev–Trinajstić information content (AvgIpc) is 3.20. The first-order valence-electron chi connectivity index (χ1n) is 10.6. The zero-order valence-corrected chi connectivity index (χ0v) is 17.6. The van der Waals surface area contributed by atoms with Crippen LogP contribution in [0.5, 0.6) is 0 Å². The van der Waals surface area contributed by atoms with Crippen LogP contribution in [0.1, 0.15) is 0 Å². The van der Waals surface area contributed by atoms with Crippen LogP contribution < -0.4 is 5.46 Å². The van der Waals surface area contributed by atoms with E-state index in [0.29, 0.717) is 0 Å². The lowest BCUT2D eigenvalue weighted by Crippen LogP contribution is -2.03. The van der Waals surface area contributed by atoms with Gasteiger partial charge in [-0.1, -0.05) is 47.9 Å². The number of benzene rings is 2. The molecule has 5 heteroatoms. The fourth-order valence-electron chi connectivity index (χ4n) is 4.41. The molecular formula is C27H19BN4. The second-order valence-electron chi connectivity index (χ2n) is 7.85. The zero-order chi connectivity index (χ0) is 21.5. The summed E-state index contributed by atoms with van der Waals surface area (Å²) in [5.41, 5.74) is 7.97. The standard InChI is InChI=1S/C27H19BN4/c28-20-9-7-13-26-27(20)19-8-1-2-12-25(19)32(26)18-16-23(21-10-3-5-14-29-21)31-24(17-18)22-11-4-6-15-30-22/h1-17H,28H2. The second kappa shape index (κ2) is 7.47. The van der Waals surface area contributed by atoms with Crippen molar-refractivity contribution in [2.45, 2.75) is 0 Å². The van der Waals surface area contributed by atoms with Gasteiger partial charge in [-0.3, -0.25) is 9.97 Å². The lowest BCUT2D eigenvalue weighted by atomic mass is 9.91. The monoisotopic (exact) mass is 410 g/mol. The summed E-state index contributed by atoms with van der Waals surface area (Å²) in [6.45, 7) is 0. The van der Waals surface area contributed by atoms with Crippen LogP contribution in [0.2, 0.25) is 0 Å². The van der Waals surface area contributed by atoms with Crippen LogP contribution in [0, 0.1) is 0 Å². The van der Waals surface area contributed by atoms with Gasteiger partial charge in [0.25, 0.3) is 0 Å². The van der Waals surface area contributed by atoms with Gasteiger partial charge in [-0.15, -0.1) is 0 Å². The van der Waals surface area contributed by atoms with Gasteiger partial charge in [0.15, 0.2) is 0 Å². The molecule has 0 radical (unpaired) electrons. The van der Waals surface area contributed by atoms with E-state index in [-0.39, 0.29) is 0 Å². The van der Waals surface area contributed by atoms with Gasteiger partial charge >= 0.3 is 0 Å². The molecule has 2 aromatic carbocycles. The first kappa shape index (κ1) is 18.5. The van der Waals surface area contributed by atoms with Crippen molar-refractivity contribution >= 4 is 35.1 Å². The third-order valence-corrected chi connectivity index (χ3v) is 5.83. The third kappa shape index (κ3) is 2.98.